The first-order valence-electron chi connectivity index (χ1n) is 8.92. The molecule has 1 aliphatic heterocycles. The molecule has 0 bridgehead atoms. The minimum Gasteiger partial charge on any atom is -0.338 e. The average molecular weight is 361 g/mol. The Kier molecular flexibility index (Phi) is 4.74. The molecule has 2 aromatic heterocycles. The van der Waals surface area contributed by atoms with Crippen LogP contribution in [0.4, 0.5) is 5.82 Å². The summed E-state index contributed by atoms with van der Waals surface area (Å²) < 4.78 is 0. The molecule has 136 valence electrons. The second-order valence-corrected chi connectivity index (χ2v) is 6.55. The van der Waals surface area contributed by atoms with Crippen molar-refractivity contribution >= 4 is 28.7 Å². The zero-order valence-electron chi connectivity index (χ0n) is 14.7. The third-order valence-electron chi connectivity index (χ3n) is 4.71. The number of aromatic nitrogens is 3. The Hall–Kier alpha value is -3.35. The molecule has 7 nitrogen and oxygen atoms in total. The van der Waals surface area contributed by atoms with Crippen molar-refractivity contribution in [3.05, 3.63) is 60.6 Å². The Morgan fingerprint density at radius 1 is 1.00 bits per heavy atom. The number of nitrogens with one attached hydrogen (secondary N) is 1. The maximum atomic E-state index is 12.9. The fourth-order valence-corrected chi connectivity index (χ4v) is 3.32. The Bertz CT molecular complexity index is 976. The van der Waals surface area contributed by atoms with Crippen LogP contribution >= 0.6 is 0 Å². The number of carbonyl (C=O) groups excluding carboxylic acids is 2. The SMILES string of the molecule is O=C(Nc1ccccn1)[C@H]1CCCN(C(=O)c2ccc3nccnc3c2)C1. The summed E-state index contributed by atoms with van der Waals surface area (Å²) in [6.07, 6.45) is 6.41. The van der Waals surface area contributed by atoms with Crippen LogP contribution in [0.1, 0.15) is 23.2 Å². The van der Waals surface area contributed by atoms with E-state index in [2.05, 4.69) is 20.3 Å². The van der Waals surface area contributed by atoms with Crippen molar-refractivity contribution in [2.45, 2.75) is 12.8 Å². The van der Waals surface area contributed by atoms with Gasteiger partial charge in [0.1, 0.15) is 5.82 Å². The topological polar surface area (TPSA) is 88.1 Å². The molecule has 0 radical (unpaired) electrons. The predicted molar refractivity (Wildman–Crippen MR) is 101 cm³/mol. The van der Waals surface area contributed by atoms with Gasteiger partial charge < -0.3 is 10.2 Å². The summed E-state index contributed by atoms with van der Waals surface area (Å²) in [5, 5.41) is 2.83. The van der Waals surface area contributed by atoms with Gasteiger partial charge in [-0.25, -0.2) is 4.98 Å². The molecule has 0 spiro atoms. The summed E-state index contributed by atoms with van der Waals surface area (Å²) in [5.41, 5.74) is 2.00. The molecular weight excluding hydrogens is 342 g/mol. The van der Waals surface area contributed by atoms with Crippen LogP contribution in [0.5, 0.6) is 0 Å². The Morgan fingerprint density at radius 2 is 1.85 bits per heavy atom. The molecule has 1 atom stereocenters. The highest BCUT2D eigenvalue weighted by atomic mass is 16.2. The van der Waals surface area contributed by atoms with Crippen molar-refractivity contribution in [3.63, 3.8) is 0 Å². The fraction of sp³-hybridized carbons (Fsp3) is 0.250. The van der Waals surface area contributed by atoms with Gasteiger partial charge in [0.15, 0.2) is 0 Å². The molecular formula is C20H19N5O2. The van der Waals surface area contributed by atoms with E-state index in [9.17, 15) is 9.59 Å². The normalized spacial score (nSPS) is 16.9. The van der Waals surface area contributed by atoms with E-state index in [1.165, 1.54) is 0 Å². The maximum absolute atomic E-state index is 12.9. The van der Waals surface area contributed by atoms with Crippen LogP contribution in [-0.2, 0) is 4.79 Å². The number of rotatable bonds is 3. The molecule has 1 aromatic carbocycles. The van der Waals surface area contributed by atoms with E-state index in [0.29, 0.717) is 30.0 Å². The van der Waals surface area contributed by atoms with Crippen molar-refractivity contribution < 1.29 is 9.59 Å². The number of hydrogen-bond donors (Lipinski definition) is 1. The lowest BCUT2D eigenvalue weighted by molar-refractivity contribution is -0.121. The molecule has 1 N–H and O–H groups in total. The third kappa shape index (κ3) is 3.76. The number of benzene rings is 1. The molecule has 27 heavy (non-hydrogen) atoms. The van der Waals surface area contributed by atoms with Crippen molar-refractivity contribution in [3.8, 4) is 0 Å². The van der Waals surface area contributed by atoms with Crippen molar-refractivity contribution in [2.24, 2.45) is 5.92 Å². The molecule has 2 amide bonds. The van der Waals surface area contributed by atoms with Gasteiger partial charge in [0.05, 0.1) is 17.0 Å². The van der Waals surface area contributed by atoms with Crippen LogP contribution < -0.4 is 5.32 Å². The van der Waals surface area contributed by atoms with E-state index in [1.807, 2.05) is 6.07 Å². The first-order chi connectivity index (χ1) is 13.2. The van der Waals surface area contributed by atoms with Crippen LogP contribution in [0.15, 0.2) is 55.0 Å². The lowest BCUT2D eigenvalue weighted by atomic mass is 9.96. The number of pyridine rings is 1. The summed E-state index contributed by atoms with van der Waals surface area (Å²) in [6, 6.07) is 10.7. The standard InChI is InChI=1S/C20H19N5O2/c26-19(24-18-5-1-2-8-23-18)15-4-3-11-25(13-15)20(27)14-6-7-16-17(12-14)22-10-9-21-16/h1-2,5-10,12,15H,3-4,11,13H2,(H,23,24,26)/t15-/m0/s1. The van der Waals surface area contributed by atoms with Gasteiger partial charge in [-0.1, -0.05) is 6.07 Å². The molecule has 4 rings (SSSR count). The first-order valence-corrected chi connectivity index (χ1v) is 8.92. The highest BCUT2D eigenvalue weighted by molar-refractivity contribution is 5.98. The lowest BCUT2D eigenvalue weighted by Gasteiger charge is -2.32. The molecule has 1 saturated heterocycles. The number of anilines is 1. The summed E-state index contributed by atoms with van der Waals surface area (Å²) in [4.78, 5) is 39.8. The van der Waals surface area contributed by atoms with E-state index in [1.54, 1.807) is 53.8 Å². The van der Waals surface area contributed by atoms with Crippen LogP contribution in [0, 0.1) is 5.92 Å². The minimum absolute atomic E-state index is 0.0853. The molecule has 1 fully saturated rings. The molecule has 3 aromatic rings. The minimum atomic E-state index is -0.245. The monoisotopic (exact) mass is 361 g/mol. The largest absolute Gasteiger partial charge is 0.338 e. The van der Waals surface area contributed by atoms with Crippen LogP contribution in [0.3, 0.4) is 0 Å². The Labute approximate surface area is 156 Å². The van der Waals surface area contributed by atoms with Gasteiger partial charge in [0, 0.05) is 37.2 Å². The summed E-state index contributed by atoms with van der Waals surface area (Å²) >= 11 is 0. The van der Waals surface area contributed by atoms with Crippen molar-refractivity contribution in [2.75, 3.05) is 18.4 Å². The maximum Gasteiger partial charge on any atom is 0.253 e. The van der Waals surface area contributed by atoms with Gasteiger partial charge in [-0.15, -0.1) is 0 Å². The number of hydrogen-bond acceptors (Lipinski definition) is 5. The van der Waals surface area contributed by atoms with Gasteiger partial charge in [-0.2, -0.15) is 0 Å². The van der Waals surface area contributed by atoms with Gasteiger partial charge >= 0.3 is 0 Å². The molecule has 1 aliphatic rings. The van der Waals surface area contributed by atoms with Gasteiger partial charge in [0.2, 0.25) is 5.91 Å². The number of nitrogens with zero attached hydrogens (tertiary/aromatic N) is 4. The molecule has 0 unspecified atom stereocenters. The second kappa shape index (κ2) is 7.49. The number of likely N-dealkylation sites (tertiary alicyclic amines) is 1. The van der Waals surface area contributed by atoms with Gasteiger partial charge in [0.25, 0.3) is 5.91 Å². The zero-order chi connectivity index (χ0) is 18.6. The second-order valence-electron chi connectivity index (χ2n) is 6.55. The zero-order valence-corrected chi connectivity index (χ0v) is 14.7. The highest BCUT2D eigenvalue weighted by Crippen LogP contribution is 2.21. The summed E-state index contributed by atoms with van der Waals surface area (Å²) in [6.45, 7) is 1.04. The Balaban J connectivity index is 1.46. The predicted octanol–water partition coefficient (Wildman–Crippen LogP) is 2.52. The van der Waals surface area contributed by atoms with E-state index >= 15 is 0 Å². The smallest absolute Gasteiger partial charge is 0.253 e. The van der Waals surface area contributed by atoms with E-state index in [-0.39, 0.29) is 17.7 Å². The molecule has 7 heteroatoms. The van der Waals surface area contributed by atoms with Gasteiger partial charge in [-0.05, 0) is 43.2 Å². The van der Waals surface area contributed by atoms with Crippen LogP contribution in [0.25, 0.3) is 11.0 Å². The van der Waals surface area contributed by atoms with E-state index in [4.69, 9.17) is 0 Å². The highest BCUT2D eigenvalue weighted by Gasteiger charge is 2.29. The number of carbonyl (C=O) groups is 2. The summed E-state index contributed by atoms with van der Waals surface area (Å²) in [5.74, 6) is 0.0949. The number of amides is 2. The van der Waals surface area contributed by atoms with Gasteiger partial charge in [-0.3, -0.25) is 19.6 Å². The lowest BCUT2D eigenvalue weighted by Crippen LogP contribution is -2.43. The van der Waals surface area contributed by atoms with Crippen molar-refractivity contribution in [1.29, 1.82) is 0 Å². The molecule has 0 aliphatic carbocycles. The third-order valence-corrected chi connectivity index (χ3v) is 4.71. The van der Waals surface area contributed by atoms with Crippen LogP contribution in [-0.4, -0.2) is 44.8 Å². The number of fused-ring (bicyclic) bond motifs is 1. The Morgan fingerprint density at radius 3 is 2.67 bits per heavy atom. The quantitative estimate of drug-likeness (QED) is 0.774. The summed E-state index contributed by atoms with van der Waals surface area (Å²) in [7, 11) is 0. The van der Waals surface area contributed by atoms with E-state index in [0.717, 1.165) is 18.4 Å². The number of piperidine rings is 1. The first kappa shape index (κ1) is 17.1. The van der Waals surface area contributed by atoms with E-state index < -0.39 is 0 Å². The fourth-order valence-electron chi connectivity index (χ4n) is 3.32. The molecule has 0 saturated carbocycles. The average Bonchev–Trinajstić information content (AvgIpc) is 2.73. The molecule has 3 heterocycles. The van der Waals surface area contributed by atoms with Crippen molar-refractivity contribution in [1.82, 2.24) is 19.9 Å². The van der Waals surface area contributed by atoms with Crippen LogP contribution in [0.2, 0.25) is 0 Å².